The highest BCUT2D eigenvalue weighted by atomic mass is 19.1. The van der Waals surface area contributed by atoms with Gasteiger partial charge in [0.05, 0.1) is 18.6 Å². The molecule has 7 nitrogen and oxygen atoms in total. The first kappa shape index (κ1) is 20.3. The SMILES string of the molecule is O=C(C[C@H]1O[C@H](CNCc2ccc(F)cc2)[C@@H](O)[C@H]1O)NCc1cccnc1. The summed E-state index contributed by atoms with van der Waals surface area (Å²) in [6.07, 6.45) is -0.368. The molecular formula is C20H24FN3O4. The second kappa shape index (κ2) is 9.70. The van der Waals surface area contributed by atoms with Crippen molar-refractivity contribution in [1.29, 1.82) is 0 Å². The second-order valence-corrected chi connectivity index (χ2v) is 6.79. The molecule has 2 heterocycles. The molecule has 3 rings (SSSR count). The summed E-state index contributed by atoms with van der Waals surface area (Å²) < 4.78 is 18.6. The van der Waals surface area contributed by atoms with Crippen LogP contribution in [0, 0.1) is 5.82 Å². The molecule has 1 amide bonds. The highest BCUT2D eigenvalue weighted by Gasteiger charge is 2.42. The highest BCUT2D eigenvalue weighted by Crippen LogP contribution is 2.23. The Kier molecular flexibility index (Phi) is 7.05. The lowest BCUT2D eigenvalue weighted by molar-refractivity contribution is -0.125. The van der Waals surface area contributed by atoms with Gasteiger partial charge < -0.3 is 25.6 Å². The predicted molar refractivity (Wildman–Crippen MR) is 99.5 cm³/mol. The topological polar surface area (TPSA) is 104 Å². The third-order valence-corrected chi connectivity index (χ3v) is 4.65. The molecule has 1 aliphatic rings. The number of hydrogen-bond acceptors (Lipinski definition) is 6. The molecule has 0 unspecified atom stereocenters. The van der Waals surface area contributed by atoms with Gasteiger partial charge in [0.1, 0.15) is 18.0 Å². The minimum atomic E-state index is -1.14. The van der Waals surface area contributed by atoms with Gasteiger partial charge in [0.15, 0.2) is 0 Å². The van der Waals surface area contributed by atoms with Crippen molar-refractivity contribution in [2.45, 2.75) is 43.9 Å². The van der Waals surface area contributed by atoms with E-state index in [4.69, 9.17) is 4.74 Å². The van der Waals surface area contributed by atoms with E-state index >= 15 is 0 Å². The fourth-order valence-electron chi connectivity index (χ4n) is 3.08. The van der Waals surface area contributed by atoms with E-state index in [9.17, 15) is 19.4 Å². The fraction of sp³-hybridized carbons (Fsp3) is 0.400. The number of halogens is 1. The Hall–Kier alpha value is -2.39. The molecule has 1 saturated heterocycles. The van der Waals surface area contributed by atoms with Gasteiger partial charge in [-0.2, -0.15) is 0 Å². The molecule has 0 saturated carbocycles. The van der Waals surface area contributed by atoms with Crippen molar-refractivity contribution in [3.63, 3.8) is 0 Å². The van der Waals surface area contributed by atoms with Crippen LogP contribution in [0.1, 0.15) is 17.5 Å². The zero-order valence-corrected chi connectivity index (χ0v) is 15.3. The van der Waals surface area contributed by atoms with E-state index in [0.29, 0.717) is 19.6 Å². The largest absolute Gasteiger partial charge is 0.388 e. The van der Waals surface area contributed by atoms with Crippen molar-refractivity contribution >= 4 is 5.91 Å². The van der Waals surface area contributed by atoms with Gasteiger partial charge in [-0.3, -0.25) is 9.78 Å². The van der Waals surface area contributed by atoms with Crippen LogP contribution in [0.5, 0.6) is 0 Å². The van der Waals surface area contributed by atoms with Crippen LogP contribution >= 0.6 is 0 Å². The fourth-order valence-corrected chi connectivity index (χ4v) is 3.08. The Balaban J connectivity index is 1.42. The summed E-state index contributed by atoms with van der Waals surface area (Å²) in [4.78, 5) is 16.1. The number of aromatic nitrogens is 1. The first-order valence-corrected chi connectivity index (χ1v) is 9.15. The van der Waals surface area contributed by atoms with Crippen molar-refractivity contribution < 1.29 is 24.1 Å². The maximum atomic E-state index is 12.9. The number of aliphatic hydroxyl groups is 2. The number of amides is 1. The number of nitrogens with one attached hydrogen (secondary N) is 2. The van der Waals surface area contributed by atoms with E-state index in [2.05, 4.69) is 15.6 Å². The first-order chi connectivity index (χ1) is 13.5. The number of ether oxygens (including phenoxy) is 1. The first-order valence-electron chi connectivity index (χ1n) is 9.15. The van der Waals surface area contributed by atoms with Gasteiger partial charge in [0, 0.05) is 32.0 Å². The smallest absolute Gasteiger partial charge is 0.222 e. The van der Waals surface area contributed by atoms with E-state index in [1.807, 2.05) is 6.07 Å². The predicted octanol–water partition coefficient (Wildman–Crippen LogP) is 0.506. The molecule has 0 radical (unpaired) electrons. The van der Waals surface area contributed by atoms with E-state index in [0.717, 1.165) is 11.1 Å². The summed E-state index contributed by atoms with van der Waals surface area (Å²) in [5, 5.41) is 26.2. The summed E-state index contributed by atoms with van der Waals surface area (Å²) in [6.45, 7) is 1.10. The van der Waals surface area contributed by atoms with Crippen LogP contribution in [0.25, 0.3) is 0 Å². The number of hydrogen-bond donors (Lipinski definition) is 4. The lowest BCUT2D eigenvalue weighted by atomic mass is 10.1. The molecule has 4 atom stereocenters. The molecule has 1 aromatic carbocycles. The number of carbonyl (C=O) groups excluding carboxylic acids is 1. The van der Waals surface area contributed by atoms with Crippen LogP contribution in [0.4, 0.5) is 4.39 Å². The van der Waals surface area contributed by atoms with Crippen LogP contribution in [-0.4, -0.2) is 52.1 Å². The molecule has 8 heteroatoms. The number of nitrogens with zero attached hydrogens (tertiary/aromatic N) is 1. The van der Waals surface area contributed by atoms with Gasteiger partial charge in [-0.25, -0.2) is 4.39 Å². The monoisotopic (exact) mass is 389 g/mol. The Morgan fingerprint density at radius 3 is 2.54 bits per heavy atom. The zero-order valence-electron chi connectivity index (χ0n) is 15.3. The van der Waals surface area contributed by atoms with Crippen LogP contribution in [0.15, 0.2) is 48.8 Å². The van der Waals surface area contributed by atoms with E-state index in [-0.39, 0.29) is 18.1 Å². The van der Waals surface area contributed by atoms with E-state index in [1.54, 1.807) is 30.6 Å². The molecule has 0 bridgehead atoms. The molecule has 1 aromatic heterocycles. The zero-order chi connectivity index (χ0) is 19.9. The Bertz CT molecular complexity index is 760. The Labute approximate surface area is 162 Å². The maximum Gasteiger partial charge on any atom is 0.222 e. The summed E-state index contributed by atoms with van der Waals surface area (Å²) >= 11 is 0. The number of pyridine rings is 1. The van der Waals surface area contributed by atoms with Crippen molar-refractivity contribution in [2.24, 2.45) is 0 Å². The minimum Gasteiger partial charge on any atom is -0.388 e. The van der Waals surface area contributed by atoms with Crippen molar-refractivity contribution in [1.82, 2.24) is 15.6 Å². The van der Waals surface area contributed by atoms with Crippen molar-refractivity contribution in [2.75, 3.05) is 6.54 Å². The molecule has 0 spiro atoms. The lowest BCUT2D eigenvalue weighted by Gasteiger charge is -2.15. The van der Waals surface area contributed by atoms with Gasteiger partial charge in [0.25, 0.3) is 0 Å². The van der Waals surface area contributed by atoms with Crippen LogP contribution in [0.3, 0.4) is 0 Å². The molecule has 150 valence electrons. The summed E-state index contributed by atoms with van der Waals surface area (Å²) in [5.41, 5.74) is 1.76. The van der Waals surface area contributed by atoms with Crippen molar-refractivity contribution in [3.8, 4) is 0 Å². The molecule has 1 aliphatic heterocycles. The van der Waals surface area contributed by atoms with Gasteiger partial charge in [-0.1, -0.05) is 18.2 Å². The van der Waals surface area contributed by atoms with Gasteiger partial charge >= 0.3 is 0 Å². The van der Waals surface area contributed by atoms with Crippen LogP contribution in [0.2, 0.25) is 0 Å². The maximum absolute atomic E-state index is 12.9. The van der Waals surface area contributed by atoms with Crippen molar-refractivity contribution in [3.05, 3.63) is 65.7 Å². The van der Waals surface area contributed by atoms with E-state index < -0.39 is 24.4 Å². The van der Waals surface area contributed by atoms with Gasteiger partial charge in [-0.05, 0) is 29.3 Å². The molecule has 2 aromatic rings. The molecular weight excluding hydrogens is 365 g/mol. The average Bonchev–Trinajstić information content (AvgIpc) is 2.97. The summed E-state index contributed by atoms with van der Waals surface area (Å²) in [5.74, 6) is -0.578. The third kappa shape index (κ3) is 5.56. The summed E-state index contributed by atoms with van der Waals surface area (Å²) in [7, 11) is 0. The van der Waals surface area contributed by atoms with Crippen LogP contribution in [-0.2, 0) is 22.6 Å². The standard InChI is InChI=1S/C20H24FN3O4/c21-15-5-3-13(4-6-15)9-23-12-17-20(27)19(26)16(28-17)8-18(25)24-11-14-2-1-7-22-10-14/h1-7,10,16-17,19-20,23,26-27H,8-9,11-12H2,(H,24,25)/t16-,17-,19+,20-/m1/s1. The van der Waals surface area contributed by atoms with Gasteiger partial charge in [-0.15, -0.1) is 0 Å². The molecule has 0 aliphatic carbocycles. The molecule has 4 N–H and O–H groups in total. The number of rotatable bonds is 8. The minimum absolute atomic E-state index is 0.0487. The van der Waals surface area contributed by atoms with E-state index in [1.165, 1.54) is 12.1 Å². The highest BCUT2D eigenvalue weighted by molar-refractivity contribution is 5.76. The third-order valence-electron chi connectivity index (χ3n) is 4.65. The normalized spacial score (nSPS) is 24.2. The lowest BCUT2D eigenvalue weighted by Crippen LogP contribution is -2.38. The van der Waals surface area contributed by atoms with Crippen LogP contribution < -0.4 is 10.6 Å². The second-order valence-electron chi connectivity index (χ2n) is 6.79. The molecule has 1 fully saturated rings. The Morgan fingerprint density at radius 1 is 1.07 bits per heavy atom. The van der Waals surface area contributed by atoms with Gasteiger partial charge in [0.2, 0.25) is 5.91 Å². The molecule has 28 heavy (non-hydrogen) atoms. The quantitative estimate of drug-likeness (QED) is 0.525. The average molecular weight is 389 g/mol. The number of carbonyl (C=O) groups is 1. The number of aliphatic hydroxyl groups excluding tert-OH is 2. The Morgan fingerprint density at radius 2 is 1.82 bits per heavy atom. The number of benzene rings is 1. The summed E-state index contributed by atoms with van der Waals surface area (Å²) in [6, 6.07) is 9.71.